The molecule has 0 aliphatic carbocycles. The predicted molar refractivity (Wildman–Crippen MR) is 147 cm³/mol. The fourth-order valence-corrected chi connectivity index (χ4v) is 4.92. The summed E-state index contributed by atoms with van der Waals surface area (Å²) >= 11 is 0. The monoisotopic (exact) mass is 456 g/mol. The van der Waals surface area contributed by atoms with Crippen molar-refractivity contribution in [1.82, 2.24) is 0 Å². The molecule has 1 aliphatic rings. The van der Waals surface area contributed by atoms with Gasteiger partial charge in [0.15, 0.2) is 0 Å². The summed E-state index contributed by atoms with van der Waals surface area (Å²) in [5.41, 5.74) is 19.5. The predicted octanol–water partition coefficient (Wildman–Crippen LogP) is 9.92. The molecule has 0 aromatic heterocycles. The number of unbranched alkanes of at least 4 members (excludes halogenated alkanes) is 7. The zero-order valence-corrected chi connectivity index (χ0v) is 21.8. The summed E-state index contributed by atoms with van der Waals surface area (Å²) in [5.74, 6) is 0. The van der Waals surface area contributed by atoms with E-state index in [1.807, 2.05) is 0 Å². The molecular weight excluding hydrogens is 412 g/mol. The van der Waals surface area contributed by atoms with Crippen molar-refractivity contribution in [1.29, 1.82) is 0 Å². The minimum Gasteiger partial charge on any atom is -0.493 e. The maximum absolute atomic E-state index is 11.4. The summed E-state index contributed by atoms with van der Waals surface area (Å²) in [7, 11) is 0. The molecule has 0 amide bonds. The summed E-state index contributed by atoms with van der Waals surface area (Å²) in [6.07, 6.45) is 17.8. The molecule has 0 atom stereocenters. The zero-order valence-electron chi connectivity index (χ0n) is 21.8. The van der Waals surface area contributed by atoms with Crippen molar-refractivity contribution in [3.05, 3.63) is 88.0 Å². The molecule has 34 heavy (non-hydrogen) atoms. The van der Waals surface area contributed by atoms with Gasteiger partial charge >= 0.3 is 0 Å². The molecule has 0 bridgehead atoms. The second kappa shape index (κ2) is 14.0. The Labute approximate surface area is 208 Å². The van der Waals surface area contributed by atoms with E-state index in [4.69, 9.17) is 0 Å². The van der Waals surface area contributed by atoms with Gasteiger partial charge in [-0.05, 0) is 73.9 Å². The van der Waals surface area contributed by atoms with Crippen LogP contribution < -0.4 is 0 Å². The van der Waals surface area contributed by atoms with E-state index in [1.54, 1.807) is 0 Å². The van der Waals surface area contributed by atoms with E-state index in [9.17, 15) is 5.53 Å². The van der Waals surface area contributed by atoms with Gasteiger partial charge in [-0.3, -0.25) is 0 Å². The molecule has 0 radical (unpaired) electrons. The molecule has 0 spiro atoms. The van der Waals surface area contributed by atoms with Crippen molar-refractivity contribution >= 4 is 11.4 Å². The van der Waals surface area contributed by atoms with Gasteiger partial charge in [-0.1, -0.05) is 90.0 Å². The van der Waals surface area contributed by atoms with Gasteiger partial charge in [0.25, 0.3) is 0 Å². The lowest BCUT2D eigenvalue weighted by Crippen LogP contribution is -2.03. The van der Waals surface area contributed by atoms with Crippen molar-refractivity contribution < 1.29 is 4.70 Å². The van der Waals surface area contributed by atoms with Crippen LogP contribution in [0.5, 0.6) is 0 Å². The Morgan fingerprint density at radius 1 is 0.618 bits per heavy atom. The quantitative estimate of drug-likeness (QED) is 0.188. The van der Waals surface area contributed by atoms with Crippen LogP contribution in [-0.2, 0) is 12.8 Å². The molecule has 0 saturated heterocycles. The highest BCUT2D eigenvalue weighted by Gasteiger charge is 2.28. The van der Waals surface area contributed by atoms with Crippen molar-refractivity contribution in [2.24, 2.45) is 0 Å². The van der Waals surface area contributed by atoms with Crippen molar-refractivity contribution in [2.45, 2.75) is 104 Å². The molecule has 1 heterocycles. The van der Waals surface area contributed by atoms with Crippen LogP contribution in [0.1, 0.15) is 114 Å². The second-order valence-corrected chi connectivity index (χ2v) is 9.84. The van der Waals surface area contributed by atoms with E-state index in [0.717, 1.165) is 48.2 Å². The van der Waals surface area contributed by atoms with E-state index in [-0.39, 0.29) is 0 Å². The topological polar surface area (TPSA) is 25.3 Å². The normalized spacial score (nSPS) is 13.6. The number of rotatable bonds is 15. The van der Waals surface area contributed by atoms with E-state index >= 15 is 0 Å². The van der Waals surface area contributed by atoms with E-state index in [2.05, 4.69) is 75.4 Å². The van der Waals surface area contributed by atoms with E-state index in [1.165, 1.54) is 79.2 Å². The Balaban J connectivity index is 1.84. The Morgan fingerprint density at radius 2 is 1.15 bits per heavy atom. The average molecular weight is 457 g/mol. The maximum atomic E-state index is 11.4. The first-order valence-corrected chi connectivity index (χ1v) is 13.8. The lowest BCUT2D eigenvalue weighted by atomic mass is 9.99. The van der Waals surface area contributed by atoms with Crippen molar-refractivity contribution in [3.63, 3.8) is 0 Å². The molecule has 182 valence electrons. The minimum absolute atomic E-state index is 0.910. The van der Waals surface area contributed by atoms with Gasteiger partial charge in [-0.2, -0.15) is 0 Å². The SMILES string of the molecule is CCCCCCc1cccc(C2=CC(CCCCC)=C(c3cccc(CCCCC)c3)[N+]2=[N-])c1. The summed E-state index contributed by atoms with van der Waals surface area (Å²) < 4.78 is 1.46. The molecule has 0 unspecified atom stereocenters. The third-order valence-electron chi connectivity index (χ3n) is 6.92. The zero-order chi connectivity index (χ0) is 24.2. The van der Waals surface area contributed by atoms with Gasteiger partial charge in [-0.15, -0.1) is 0 Å². The number of nitrogens with zero attached hydrogens (tertiary/aromatic N) is 2. The third-order valence-corrected chi connectivity index (χ3v) is 6.92. The summed E-state index contributed by atoms with van der Waals surface area (Å²) in [5, 5.41) is 0. The van der Waals surface area contributed by atoms with E-state index in [0.29, 0.717) is 0 Å². The van der Waals surface area contributed by atoms with Crippen LogP contribution in [0.4, 0.5) is 0 Å². The fourth-order valence-electron chi connectivity index (χ4n) is 4.92. The Bertz CT molecular complexity index is 996. The molecular formula is C32H44N2. The number of allylic oxidation sites excluding steroid dienone is 2. The summed E-state index contributed by atoms with van der Waals surface area (Å²) in [6, 6.07) is 17.6. The molecule has 0 fully saturated rings. The van der Waals surface area contributed by atoms with Crippen LogP contribution in [0.25, 0.3) is 16.9 Å². The molecule has 2 nitrogen and oxygen atoms in total. The lowest BCUT2D eigenvalue weighted by Gasteiger charge is -2.12. The van der Waals surface area contributed by atoms with Crippen molar-refractivity contribution in [3.8, 4) is 0 Å². The molecule has 2 aromatic carbocycles. The van der Waals surface area contributed by atoms with Gasteiger partial charge in [0.05, 0.1) is 0 Å². The standard InChI is InChI=1S/C32H44N2/c1-4-7-10-13-17-26-18-14-21-28(23-26)31-25-30(20-12-9-6-3)32(34(31)33)29-22-15-19-27(24-29)16-11-8-5-2/h14-15,18-19,21-25H,4-13,16-17,20H2,1-3H3. The molecule has 0 N–H and O–H groups in total. The lowest BCUT2D eigenvalue weighted by molar-refractivity contribution is -0.344. The van der Waals surface area contributed by atoms with Crippen LogP contribution in [0.15, 0.2) is 60.2 Å². The molecule has 0 saturated carbocycles. The molecule has 2 aromatic rings. The van der Waals surface area contributed by atoms with E-state index < -0.39 is 0 Å². The smallest absolute Gasteiger partial charge is 0.210 e. The molecule has 2 heteroatoms. The van der Waals surface area contributed by atoms with Crippen LogP contribution in [0.3, 0.4) is 0 Å². The highest BCUT2D eigenvalue weighted by Crippen LogP contribution is 2.38. The minimum atomic E-state index is 0.910. The van der Waals surface area contributed by atoms with Gasteiger partial charge in [0, 0.05) is 22.8 Å². The third kappa shape index (κ3) is 7.26. The van der Waals surface area contributed by atoms with Crippen LogP contribution >= 0.6 is 0 Å². The highest BCUT2D eigenvalue weighted by atomic mass is 15.2. The van der Waals surface area contributed by atoms with Crippen molar-refractivity contribution in [2.75, 3.05) is 0 Å². The second-order valence-electron chi connectivity index (χ2n) is 9.84. The average Bonchev–Trinajstić information content (AvgIpc) is 3.18. The Hall–Kier alpha value is -2.48. The first-order valence-electron chi connectivity index (χ1n) is 13.8. The Morgan fingerprint density at radius 3 is 1.79 bits per heavy atom. The number of aryl methyl sites for hydroxylation is 2. The first kappa shape index (κ1) is 26.1. The van der Waals surface area contributed by atoms with Gasteiger partial charge in [-0.25, -0.2) is 4.70 Å². The highest BCUT2D eigenvalue weighted by molar-refractivity contribution is 5.78. The number of benzene rings is 2. The Kier molecular flexibility index (Phi) is 10.8. The summed E-state index contributed by atoms with van der Waals surface area (Å²) in [6.45, 7) is 6.75. The first-order chi connectivity index (χ1) is 16.7. The van der Waals surface area contributed by atoms with Crippen LogP contribution in [0, 0.1) is 0 Å². The molecule has 1 aliphatic heterocycles. The summed E-state index contributed by atoms with van der Waals surface area (Å²) in [4.78, 5) is 0. The molecule has 3 rings (SSSR count). The largest absolute Gasteiger partial charge is 0.493 e. The van der Waals surface area contributed by atoms with Gasteiger partial charge < -0.3 is 5.53 Å². The number of hydrogen-bond donors (Lipinski definition) is 0. The van der Waals surface area contributed by atoms with Gasteiger partial charge in [0.1, 0.15) is 0 Å². The van der Waals surface area contributed by atoms with Crippen LogP contribution in [0.2, 0.25) is 0 Å². The van der Waals surface area contributed by atoms with Gasteiger partial charge in [0.2, 0.25) is 11.4 Å². The van der Waals surface area contributed by atoms with Crippen LogP contribution in [-0.4, -0.2) is 4.70 Å². The fraction of sp³-hybridized carbons (Fsp3) is 0.500. The maximum Gasteiger partial charge on any atom is 0.210 e. The number of hydrogen-bond acceptors (Lipinski definition) is 0.